The van der Waals surface area contributed by atoms with Crippen LogP contribution in [-0.4, -0.2) is 41.9 Å². The van der Waals surface area contributed by atoms with Crippen molar-refractivity contribution in [2.75, 3.05) is 31.2 Å². The number of hydrogen-bond acceptors (Lipinski definition) is 4. The van der Waals surface area contributed by atoms with Gasteiger partial charge in [-0.3, -0.25) is 9.48 Å². The van der Waals surface area contributed by atoms with E-state index in [0.717, 1.165) is 5.69 Å². The second kappa shape index (κ2) is 8.23. The molecule has 0 radical (unpaired) electrons. The van der Waals surface area contributed by atoms with Crippen molar-refractivity contribution >= 4 is 29.1 Å². The minimum Gasteiger partial charge on any atom is -0.378 e. The highest BCUT2D eigenvalue weighted by atomic mass is 35.5. The van der Waals surface area contributed by atoms with Gasteiger partial charge in [-0.25, -0.2) is 4.39 Å². The van der Waals surface area contributed by atoms with Crippen LogP contribution in [-0.2, 0) is 11.8 Å². The van der Waals surface area contributed by atoms with E-state index in [1.54, 1.807) is 29.9 Å². The highest BCUT2D eigenvalue weighted by molar-refractivity contribution is 6.31. The standard InChI is InChI=1S/C20H23ClFN3O2/c1-13(2)19-15(20(21)24(3)23-19)5-7-18(26)14-4-6-17(16(22)12-14)25-8-10-27-11-9-25/h4-7,12-13H,8-11H2,1-3H3/b7-5+. The molecular formula is C20H23ClFN3O2. The second-order valence-electron chi connectivity index (χ2n) is 6.83. The molecule has 1 fully saturated rings. The zero-order valence-electron chi connectivity index (χ0n) is 15.7. The first-order valence-corrected chi connectivity index (χ1v) is 9.33. The number of nitrogens with zero attached hydrogens (tertiary/aromatic N) is 3. The number of aromatic nitrogens is 2. The summed E-state index contributed by atoms with van der Waals surface area (Å²) in [4.78, 5) is 14.4. The summed E-state index contributed by atoms with van der Waals surface area (Å²) >= 11 is 6.28. The number of allylic oxidation sites excluding steroid dienone is 1. The van der Waals surface area contributed by atoms with Gasteiger partial charge in [-0.2, -0.15) is 5.10 Å². The first-order valence-electron chi connectivity index (χ1n) is 8.95. The predicted molar refractivity (Wildman–Crippen MR) is 105 cm³/mol. The number of ether oxygens (including phenoxy) is 1. The van der Waals surface area contributed by atoms with Crippen LogP contribution in [0.3, 0.4) is 0 Å². The Morgan fingerprint density at radius 3 is 2.67 bits per heavy atom. The molecule has 1 saturated heterocycles. The summed E-state index contributed by atoms with van der Waals surface area (Å²) in [6, 6.07) is 4.58. The van der Waals surface area contributed by atoms with Crippen LogP contribution in [0.15, 0.2) is 24.3 Å². The predicted octanol–water partition coefficient (Wildman–Crippen LogP) is 4.07. The minimum atomic E-state index is -0.404. The zero-order chi connectivity index (χ0) is 19.6. The third kappa shape index (κ3) is 4.22. The SMILES string of the molecule is CC(C)c1nn(C)c(Cl)c1/C=C/C(=O)c1ccc(N2CCOCC2)c(F)c1. The van der Waals surface area contributed by atoms with Gasteiger partial charge in [-0.1, -0.05) is 25.4 Å². The number of ketones is 1. The van der Waals surface area contributed by atoms with Gasteiger partial charge in [-0.15, -0.1) is 0 Å². The third-order valence-electron chi connectivity index (χ3n) is 4.57. The lowest BCUT2D eigenvalue weighted by molar-refractivity contribution is 0.104. The van der Waals surface area contributed by atoms with Crippen molar-refractivity contribution in [3.8, 4) is 0 Å². The summed E-state index contributed by atoms with van der Waals surface area (Å²) in [5, 5.41) is 4.85. The average Bonchev–Trinajstić information content (AvgIpc) is 2.95. The van der Waals surface area contributed by atoms with Crippen molar-refractivity contribution in [2.45, 2.75) is 19.8 Å². The maximum Gasteiger partial charge on any atom is 0.185 e. The Hall–Kier alpha value is -2.18. The first kappa shape index (κ1) is 19.6. The van der Waals surface area contributed by atoms with E-state index in [2.05, 4.69) is 5.10 Å². The molecular weight excluding hydrogens is 369 g/mol. The highest BCUT2D eigenvalue weighted by Crippen LogP contribution is 2.27. The van der Waals surface area contributed by atoms with E-state index in [9.17, 15) is 9.18 Å². The quantitative estimate of drug-likeness (QED) is 0.569. The molecule has 0 bridgehead atoms. The van der Waals surface area contributed by atoms with Gasteiger partial charge in [-0.05, 0) is 36.3 Å². The summed E-state index contributed by atoms with van der Waals surface area (Å²) in [6.45, 7) is 6.46. The molecule has 0 N–H and O–H groups in total. The molecule has 1 aromatic heterocycles. The van der Waals surface area contributed by atoms with Gasteiger partial charge in [0.25, 0.3) is 0 Å². The summed E-state index contributed by atoms with van der Waals surface area (Å²) in [7, 11) is 1.76. The fraction of sp³-hybridized carbons (Fsp3) is 0.400. The molecule has 7 heteroatoms. The number of carbonyl (C=O) groups excluding carboxylic acids is 1. The average molecular weight is 392 g/mol. The number of rotatable bonds is 5. The van der Waals surface area contributed by atoms with E-state index < -0.39 is 5.82 Å². The van der Waals surface area contributed by atoms with Gasteiger partial charge in [0.2, 0.25) is 0 Å². The Labute approximate surface area is 163 Å². The molecule has 0 unspecified atom stereocenters. The Bertz CT molecular complexity index is 870. The fourth-order valence-corrected chi connectivity index (χ4v) is 3.29. The van der Waals surface area contributed by atoms with Crippen molar-refractivity contribution in [1.82, 2.24) is 9.78 Å². The number of halogens is 2. The molecule has 0 atom stereocenters. The van der Waals surface area contributed by atoms with Gasteiger partial charge in [0, 0.05) is 31.3 Å². The van der Waals surface area contributed by atoms with Gasteiger partial charge in [0.15, 0.2) is 5.78 Å². The number of hydrogen-bond donors (Lipinski definition) is 0. The van der Waals surface area contributed by atoms with Crippen LogP contribution in [0.25, 0.3) is 6.08 Å². The molecule has 27 heavy (non-hydrogen) atoms. The Morgan fingerprint density at radius 1 is 1.33 bits per heavy atom. The van der Waals surface area contributed by atoms with Crippen molar-refractivity contribution < 1.29 is 13.9 Å². The number of anilines is 1. The summed E-state index contributed by atoms with van der Waals surface area (Å²) in [5.74, 6) is -0.515. The van der Waals surface area contributed by atoms with Crippen LogP contribution in [0.4, 0.5) is 10.1 Å². The second-order valence-corrected chi connectivity index (χ2v) is 7.19. The highest BCUT2D eigenvalue weighted by Gasteiger charge is 2.18. The topological polar surface area (TPSA) is 47.4 Å². The normalized spacial score (nSPS) is 15.1. The van der Waals surface area contributed by atoms with E-state index in [-0.39, 0.29) is 11.7 Å². The van der Waals surface area contributed by atoms with E-state index in [1.807, 2.05) is 18.7 Å². The lowest BCUT2D eigenvalue weighted by Crippen LogP contribution is -2.36. The minimum absolute atomic E-state index is 0.170. The Morgan fingerprint density at radius 2 is 2.04 bits per heavy atom. The van der Waals surface area contributed by atoms with Gasteiger partial charge < -0.3 is 9.64 Å². The number of aryl methyl sites for hydroxylation is 1. The van der Waals surface area contributed by atoms with Gasteiger partial charge >= 0.3 is 0 Å². The molecule has 2 heterocycles. The molecule has 0 saturated carbocycles. The molecule has 144 valence electrons. The Balaban J connectivity index is 1.81. The first-order chi connectivity index (χ1) is 12.9. The van der Waals surface area contributed by atoms with E-state index in [0.29, 0.717) is 48.3 Å². The van der Waals surface area contributed by atoms with Crippen LogP contribution in [0.2, 0.25) is 5.15 Å². The van der Waals surface area contributed by atoms with Crippen molar-refractivity contribution in [2.24, 2.45) is 7.05 Å². The van der Waals surface area contributed by atoms with Crippen LogP contribution >= 0.6 is 11.6 Å². The molecule has 1 aromatic carbocycles. The largest absolute Gasteiger partial charge is 0.378 e. The molecule has 0 amide bonds. The van der Waals surface area contributed by atoms with Crippen LogP contribution in [0, 0.1) is 5.82 Å². The lowest BCUT2D eigenvalue weighted by atomic mass is 10.0. The van der Waals surface area contributed by atoms with Crippen molar-refractivity contribution in [1.29, 1.82) is 0 Å². The molecule has 1 aliphatic heterocycles. The molecule has 0 aliphatic carbocycles. The monoisotopic (exact) mass is 391 g/mol. The maximum atomic E-state index is 14.5. The maximum absolute atomic E-state index is 14.5. The Kier molecular flexibility index (Phi) is 5.97. The van der Waals surface area contributed by atoms with E-state index >= 15 is 0 Å². The lowest BCUT2D eigenvalue weighted by Gasteiger charge is -2.29. The molecule has 1 aliphatic rings. The molecule has 5 nitrogen and oxygen atoms in total. The van der Waals surface area contributed by atoms with E-state index in [1.165, 1.54) is 12.1 Å². The van der Waals surface area contributed by atoms with Crippen LogP contribution in [0.1, 0.15) is 41.4 Å². The van der Waals surface area contributed by atoms with Gasteiger partial charge in [0.1, 0.15) is 11.0 Å². The molecule has 0 spiro atoms. The number of carbonyl (C=O) groups is 1. The van der Waals surface area contributed by atoms with Crippen LogP contribution < -0.4 is 4.90 Å². The third-order valence-corrected chi connectivity index (χ3v) is 5.02. The summed E-state index contributed by atoms with van der Waals surface area (Å²) in [5.41, 5.74) is 2.33. The number of morpholine rings is 1. The van der Waals surface area contributed by atoms with Crippen molar-refractivity contribution in [3.63, 3.8) is 0 Å². The molecule has 3 rings (SSSR count). The summed E-state index contributed by atoms with van der Waals surface area (Å²) in [6.07, 6.45) is 3.07. The van der Waals surface area contributed by atoms with Crippen LogP contribution in [0.5, 0.6) is 0 Å². The van der Waals surface area contributed by atoms with E-state index in [4.69, 9.17) is 16.3 Å². The molecule has 2 aromatic rings. The van der Waals surface area contributed by atoms with Crippen molar-refractivity contribution in [3.05, 3.63) is 52.1 Å². The number of benzene rings is 1. The smallest absolute Gasteiger partial charge is 0.185 e. The summed E-state index contributed by atoms with van der Waals surface area (Å²) < 4.78 is 21.4. The fourth-order valence-electron chi connectivity index (χ4n) is 3.10. The zero-order valence-corrected chi connectivity index (χ0v) is 16.5. The van der Waals surface area contributed by atoms with Gasteiger partial charge in [0.05, 0.1) is 24.6 Å².